The smallest absolute Gasteiger partial charge is 0.192 e. The minimum atomic E-state index is -1.80. The van der Waals surface area contributed by atoms with Gasteiger partial charge in [0.1, 0.15) is 0 Å². The number of likely N-dealkylation sites (N-methyl/N-ethyl adjacent to an activating group) is 1. The first-order valence-electron chi connectivity index (χ1n) is 7.73. The van der Waals surface area contributed by atoms with E-state index < -0.39 is 8.32 Å². The lowest BCUT2D eigenvalue weighted by Gasteiger charge is -2.45. The summed E-state index contributed by atoms with van der Waals surface area (Å²) >= 11 is 0. The molecule has 0 bridgehead atoms. The molecule has 2 rings (SSSR count). The monoisotopic (exact) mass is 307 g/mol. The second kappa shape index (κ2) is 6.21. The van der Waals surface area contributed by atoms with Crippen LogP contribution < -0.4 is 0 Å². The van der Waals surface area contributed by atoms with E-state index in [9.17, 15) is 0 Å². The molecule has 1 heterocycles. The van der Waals surface area contributed by atoms with E-state index >= 15 is 0 Å². The number of hydrogen-bond donors (Lipinski definition) is 0. The summed E-state index contributed by atoms with van der Waals surface area (Å²) in [7, 11) is 0.307. The first kappa shape index (κ1) is 16.7. The number of hydrogen-bond acceptors (Lipinski definition) is 3. The topological polar surface area (TPSA) is 21.7 Å². The molecule has 1 aliphatic heterocycles. The Balaban J connectivity index is 2.24. The summed E-state index contributed by atoms with van der Waals surface area (Å²) in [4.78, 5) is 2.25. The van der Waals surface area contributed by atoms with Gasteiger partial charge in [0.05, 0.1) is 25.5 Å². The van der Waals surface area contributed by atoms with Crippen LogP contribution in [0.15, 0.2) is 30.3 Å². The molecule has 0 aliphatic carbocycles. The highest BCUT2D eigenvalue weighted by atomic mass is 28.4. The van der Waals surface area contributed by atoms with Crippen LogP contribution in [0, 0.1) is 0 Å². The first-order chi connectivity index (χ1) is 9.72. The van der Waals surface area contributed by atoms with Crippen LogP contribution in [0.25, 0.3) is 0 Å². The van der Waals surface area contributed by atoms with Crippen molar-refractivity contribution in [3.8, 4) is 0 Å². The van der Waals surface area contributed by atoms with Crippen molar-refractivity contribution in [2.24, 2.45) is 0 Å². The number of benzene rings is 1. The second-order valence-corrected chi connectivity index (χ2v) is 12.3. The van der Waals surface area contributed by atoms with Crippen molar-refractivity contribution in [2.45, 2.75) is 51.0 Å². The lowest BCUT2D eigenvalue weighted by atomic mass is 10.00. The van der Waals surface area contributed by atoms with Gasteiger partial charge in [0.25, 0.3) is 0 Å². The summed E-state index contributed by atoms with van der Waals surface area (Å²) in [5.74, 6) is 0. The molecule has 1 aromatic carbocycles. The van der Waals surface area contributed by atoms with Gasteiger partial charge in [0, 0.05) is 0 Å². The van der Waals surface area contributed by atoms with E-state index in [0.29, 0.717) is 13.3 Å². The van der Waals surface area contributed by atoms with Crippen LogP contribution in [-0.4, -0.2) is 39.7 Å². The SMILES string of the molecule is CN1COC[C@H](O[Si](C)(C)C(C)(C)C)[C@H]1c1ccccc1. The molecular formula is C17H29NO2Si. The zero-order valence-corrected chi connectivity index (χ0v) is 15.2. The molecule has 1 aromatic rings. The van der Waals surface area contributed by atoms with E-state index in [1.165, 1.54) is 5.56 Å². The Hall–Kier alpha value is -0.683. The third-order valence-corrected chi connectivity index (χ3v) is 9.30. The molecule has 21 heavy (non-hydrogen) atoms. The summed E-state index contributed by atoms with van der Waals surface area (Å²) in [5, 5.41) is 0.213. The maximum Gasteiger partial charge on any atom is 0.192 e. The maximum absolute atomic E-state index is 6.65. The lowest BCUT2D eigenvalue weighted by molar-refractivity contribution is -0.104. The summed E-state index contributed by atoms with van der Waals surface area (Å²) in [5.41, 5.74) is 1.31. The predicted octanol–water partition coefficient (Wildman–Crippen LogP) is 4.04. The van der Waals surface area contributed by atoms with Crippen molar-refractivity contribution in [3.63, 3.8) is 0 Å². The summed E-state index contributed by atoms with van der Waals surface area (Å²) in [6, 6.07) is 10.9. The quantitative estimate of drug-likeness (QED) is 0.787. The molecule has 0 N–H and O–H groups in total. The van der Waals surface area contributed by atoms with Crippen molar-refractivity contribution in [1.82, 2.24) is 4.90 Å². The van der Waals surface area contributed by atoms with E-state index in [0.717, 1.165) is 0 Å². The average Bonchev–Trinajstić information content (AvgIpc) is 2.38. The number of ether oxygens (including phenoxy) is 1. The highest BCUT2D eigenvalue weighted by Gasteiger charge is 2.42. The fourth-order valence-corrected chi connectivity index (χ4v) is 3.85. The molecule has 1 aliphatic rings. The molecule has 0 unspecified atom stereocenters. The van der Waals surface area contributed by atoms with Crippen molar-refractivity contribution >= 4 is 8.32 Å². The minimum Gasteiger partial charge on any atom is -0.410 e. The largest absolute Gasteiger partial charge is 0.410 e. The van der Waals surface area contributed by atoms with E-state index in [-0.39, 0.29) is 17.2 Å². The van der Waals surface area contributed by atoms with Gasteiger partial charge >= 0.3 is 0 Å². The van der Waals surface area contributed by atoms with E-state index in [4.69, 9.17) is 9.16 Å². The summed E-state index contributed by atoms with van der Waals surface area (Å²) in [6.07, 6.45) is 0.104. The van der Waals surface area contributed by atoms with E-state index in [1.54, 1.807) is 0 Å². The fourth-order valence-electron chi connectivity index (χ4n) is 2.54. The van der Waals surface area contributed by atoms with Crippen LogP contribution in [0.3, 0.4) is 0 Å². The third-order valence-electron chi connectivity index (χ3n) is 4.80. The molecule has 1 fully saturated rings. The molecule has 0 radical (unpaired) electrons. The predicted molar refractivity (Wildman–Crippen MR) is 89.8 cm³/mol. The number of rotatable bonds is 3. The Labute approximate surface area is 130 Å². The highest BCUT2D eigenvalue weighted by Crippen LogP contribution is 2.40. The Morgan fingerprint density at radius 3 is 2.38 bits per heavy atom. The Morgan fingerprint density at radius 1 is 1.19 bits per heavy atom. The van der Waals surface area contributed by atoms with Gasteiger partial charge in [0.15, 0.2) is 8.32 Å². The molecule has 1 saturated heterocycles. The van der Waals surface area contributed by atoms with Gasteiger partial charge in [-0.2, -0.15) is 0 Å². The van der Waals surface area contributed by atoms with E-state index in [1.807, 2.05) is 0 Å². The Morgan fingerprint density at radius 2 is 1.81 bits per heavy atom. The van der Waals surface area contributed by atoms with Gasteiger partial charge in [0.2, 0.25) is 0 Å². The zero-order chi connectivity index (χ0) is 15.7. The zero-order valence-electron chi connectivity index (χ0n) is 14.2. The van der Waals surface area contributed by atoms with Gasteiger partial charge < -0.3 is 9.16 Å². The molecule has 0 aromatic heterocycles. The van der Waals surface area contributed by atoms with Crippen molar-refractivity contribution in [1.29, 1.82) is 0 Å². The Kier molecular flexibility index (Phi) is 4.93. The summed E-state index contributed by atoms with van der Waals surface area (Å²) in [6.45, 7) is 12.8. The maximum atomic E-state index is 6.65. The van der Waals surface area contributed by atoms with Gasteiger partial charge in [-0.15, -0.1) is 0 Å². The molecule has 3 nitrogen and oxygen atoms in total. The van der Waals surface area contributed by atoms with E-state index in [2.05, 4.69) is 76.1 Å². The highest BCUT2D eigenvalue weighted by molar-refractivity contribution is 6.74. The summed E-state index contributed by atoms with van der Waals surface area (Å²) < 4.78 is 12.4. The van der Waals surface area contributed by atoms with Crippen LogP contribution in [0.2, 0.25) is 18.1 Å². The van der Waals surface area contributed by atoms with Crippen LogP contribution >= 0.6 is 0 Å². The second-order valence-electron chi connectivity index (χ2n) is 7.53. The number of nitrogens with zero attached hydrogens (tertiary/aromatic N) is 1. The first-order valence-corrected chi connectivity index (χ1v) is 10.6. The molecule has 2 atom stereocenters. The lowest BCUT2D eigenvalue weighted by Crippen LogP contribution is -2.52. The van der Waals surface area contributed by atoms with Crippen molar-refractivity contribution in [3.05, 3.63) is 35.9 Å². The standard InChI is InChI=1S/C17H29NO2Si/c1-17(2,3)21(5,6)20-15-12-19-13-18(4)16(15)14-10-8-7-9-11-14/h7-11,15-16H,12-13H2,1-6H3/t15-,16+/m0/s1. The van der Waals surface area contributed by atoms with Gasteiger partial charge in [-0.25, -0.2) is 0 Å². The van der Waals surface area contributed by atoms with Crippen LogP contribution in [-0.2, 0) is 9.16 Å². The van der Waals surface area contributed by atoms with Crippen molar-refractivity contribution in [2.75, 3.05) is 20.4 Å². The third kappa shape index (κ3) is 3.75. The normalized spacial score (nSPS) is 25.0. The molecule has 0 amide bonds. The average molecular weight is 308 g/mol. The van der Waals surface area contributed by atoms with Crippen LogP contribution in [0.4, 0.5) is 0 Å². The van der Waals surface area contributed by atoms with Crippen molar-refractivity contribution < 1.29 is 9.16 Å². The van der Waals surface area contributed by atoms with Crippen LogP contribution in [0.5, 0.6) is 0 Å². The molecule has 0 spiro atoms. The Bertz CT molecular complexity index is 456. The minimum absolute atomic E-state index is 0.104. The van der Waals surface area contributed by atoms with Crippen LogP contribution in [0.1, 0.15) is 32.4 Å². The van der Waals surface area contributed by atoms with Gasteiger partial charge in [-0.1, -0.05) is 51.1 Å². The molecule has 118 valence electrons. The molecular weight excluding hydrogens is 278 g/mol. The fraction of sp³-hybridized carbons (Fsp3) is 0.647. The van der Waals surface area contributed by atoms with Gasteiger partial charge in [-0.3, -0.25) is 4.90 Å². The molecule has 0 saturated carbocycles. The van der Waals surface area contributed by atoms with Gasteiger partial charge in [-0.05, 0) is 30.7 Å². The molecule has 4 heteroatoms.